The summed E-state index contributed by atoms with van der Waals surface area (Å²) < 4.78 is 1.61. The quantitative estimate of drug-likeness (QED) is 0.669. The van der Waals surface area contributed by atoms with Crippen LogP contribution in [-0.4, -0.2) is 66.5 Å². The molecule has 0 aliphatic heterocycles. The van der Waals surface area contributed by atoms with Crippen LogP contribution in [-0.2, 0) is 20.8 Å². The molecule has 0 radical (unpaired) electrons. The summed E-state index contributed by atoms with van der Waals surface area (Å²) in [5, 5.41) is 16.0. The highest BCUT2D eigenvalue weighted by Gasteiger charge is 2.25. The van der Waals surface area contributed by atoms with Crippen LogP contribution in [0.15, 0.2) is 6.33 Å². The minimum absolute atomic E-state index is 0.126. The highest BCUT2D eigenvalue weighted by atomic mass is 16.4. The number of aryl methyl sites for hydroxylation is 2. The summed E-state index contributed by atoms with van der Waals surface area (Å²) >= 11 is 0. The van der Waals surface area contributed by atoms with Crippen LogP contribution in [0.25, 0.3) is 5.78 Å². The maximum absolute atomic E-state index is 12.7. The number of carbonyl (C=O) groups is 3. The van der Waals surface area contributed by atoms with E-state index >= 15 is 0 Å². The second kappa shape index (κ2) is 8.56. The molecule has 10 heteroatoms. The van der Waals surface area contributed by atoms with Gasteiger partial charge in [0.2, 0.25) is 11.8 Å². The Hall–Kier alpha value is -3.04. The molecule has 1 unspecified atom stereocenters. The minimum atomic E-state index is -1.09. The summed E-state index contributed by atoms with van der Waals surface area (Å²) in [4.78, 5) is 44.7. The topological polar surface area (TPSA) is 130 Å². The number of nitrogens with zero attached hydrogens (tertiary/aromatic N) is 5. The lowest BCUT2D eigenvalue weighted by Crippen LogP contribution is -2.46. The average Bonchev–Trinajstić information content (AvgIpc) is 3.05. The first-order valence-electron chi connectivity index (χ1n) is 8.65. The monoisotopic (exact) mass is 376 g/mol. The lowest BCUT2D eigenvalue weighted by molar-refractivity contribution is -0.149. The highest BCUT2D eigenvalue weighted by Crippen LogP contribution is 2.16. The van der Waals surface area contributed by atoms with E-state index in [1.54, 1.807) is 4.52 Å². The maximum Gasteiger partial charge on any atom is 0.326 e. The maximum atomic E-state index is 12.7. The van der Waals surface area contributed by atoms with E-state index in [4.69, 9.17) is 0 Å². The first kappa shape index (κ1) is 20.3. The number of hydrogen-bond donors (Lipinski definition) is 2. The largest absolute Gasteiger partial charge is 0.480 e. The number of carbonyl (C=O) groups excluding carboxylic acids is 2. The van der Waals surface area contributed by atoms with E-state index in [1.807, 2.05) is 13.8 Å². The normalized spacial score (nSPS) is 12.0. The molecule has 2 heterocycles. The van der Waals surface area contributed by atoms with Gasteiger partial charge in [0, 0.05) is 37.8 Å². The van der Waals surface area contributed by atoms with Crippen molar-refractivity contribution < 1.29 is 19.5 Å². The fraction of sp³-hybridized carbons (Fsp3) is 0.529. The molecule has 0 aliphatic rings. The fourth-order valence-corrected chi connectivity index (χ4v) is 2.91. The molecule has 0 saturated heterocycles. The molecule has 0 fully saturated rings. The molecule has 2 rings (SSSR count). The Kier molecular flexibility index (Phi) is 6.43. The van der Waals surface area contributed by atoms with Gasteiger partial charge in [-0.25, -0.2) is 14.3 Å². The molecule has 2 N–H and O–H groups in total. The second-order valence-corrected chi connectivity index (χ2v) is 6.32. The molecule has 0 aliphatic carbocycles. The van der Waals surface area contributed by atoms with Gasteiger partial charge in [-0.15, -0.1) is 0 Å². The van der Waals surface area contributed by atoms with Crippen LogP contribution in [0.1, 0.15) is 37.2 Å². The molecular weight excluding hydrogens is 352 g/mol. The zero-order valence-corrected chi connectivity index (χ0v) is 15.9. The van der Waals surface area contributed by atoms with E-state index in [1.165, 1.54) is 25.1 Å². The van der Waals surface area contributed by atoms with Gasteiger partial charge in [0.15, 0.2) is 0 Å². The number of nitrogens with one attached hydrogen (secondary N) is 1. The molecule has 1 atom stereocenters. The zero-order valence-electron chi connectivity index (χ0n) is 15.9. The highest BCUT2D eigenvalue weighted by molar-refractivity contribution is 5.83. The van der Waals surface area contributed by atoms with Crippen LogP contribution < -0.4 is 5.32 Å². The molecule has 2 amide bonds. The van der Waals surface area contributed by atoms with Crippen molar-refractivity contribution >= 4 is 23.6 Å². The molecule has 2 aromatic rings. The number of rotatable bonds is 8. The van der Waals surface area contributed by atoms with Crippen molar-refractivity contribution in [3.8, 4) is 0 Å². The van der Waals surface area contributed by atoms with Crippen LogP contribution in [0.2, 0.25) is 0 Å². The summed E-state index contributed by atoms with van der Waals surface area (Å²) in [6.45, 7) is 6.87. The second-order valence-electron chi connectivity index (χ2n) is 6.32. The number of carboxylic acid groups (broad SMARTS) is 1. The van der Waals surface area contributed by atoms with Crippen molar-refractivity contribution in [2.75, 3.05) is 13.1 Å². The van der Waals surface area contributed by atoms with Crippen molar-refractivity contribution in [2.45, 2.75) is 46.6 Å². The summed E-state index contributed by atoms with van der Waals surface area (Å²) in [7, 11) is 0. The predicted molar refractivity (Wildman–Crippen MR) is 96.1 cm³/mol. The Labute approximate surface area is 156 Å². The smallest absolute Gasteiger partial charge is 0.326 e. The molecule has 2 aromatic heterocycles. The molecule has 146 valence electrons. The van der Waals surface area contributed by atoms with Crippen molar-refractivity contribution in [1.82, 2.24) is 29.8 Å². The molecule has 0 spiro atoms. The van der Waals surface area contributed by atoms with Crippen molar-refractivity contribution in [1.29, 1.82) is 0 Å². The number of hydrogen-bond acceptors (Lipinski definition) is 6. The molecule has 0 bridgehead atoms. The van der Waals surface area contributed by atoms with Gasteiger partial charge in [0.1, 0.15) is 12.4 Å². The van der Waals surface area contributed by atoms with Gasteiger partial charge >= 0.3 is 5.97 Å². The van der Waals surface area contributed by atoms with E-state index in [9.17, 15) is 19.5 Å². The van der Waals surface area contributed by atoms with Gasteiger partial charge in [-0.05, 0) is 32.8 Å². The first-order chi connectivity index (χ1) is 12.7. The van der Waals surface area contributed by atoms with Crippen molar-refractivity contribution in [3.63, 3.8) is 0 Å². The Morgan fingerprint density at radius 3 is 2.67 bits per heavy atom. The van der Waals surface area contributed by atoms with E-state index in [-0.39, 0.29) is 31.3 Å². The Balaban J connectivity index is 2.12. The van der Waals surface area contributed by atoms with Gasteiger partial charge in [-0.1, -0.05) is 0 Å². The average molecular weight is 376 g/mol. The fourth-order valence-electron chi connectivity index (χ4n) is 2.91. The van der Waals surface area contributed by atoms with E-state index < -0.39 is 12.0 Å². The van der Waals surface area contributed by atoms with Crippen LogP contribution in [0.5, 0.6) is 0 Å². The molecule has 0 aromatic carbocycles. The number of amides is 2. The number of carboxylic acids is 1. The third-order valence-electron chi connectivity index (χ3n) is 4.45. The van der Waals surface area contributed by atoms with Gasteiger partial charge in [-0.3, -0.25) is 9.59 Å². The molecular formula is C17H24N6O4. The summed E-state index contributed by atoms with van der Waals surface area (Å²) in [5.41, 5.74) is 2.49. The van der Waals surface area contributed by atoms with Crippen molar-refractivity contribution in [2.24, 2.45) is 0 Å². The lowest BCUT2D eigenvalue weighted by atomic mass is 10.1. The van der Waals surface area contributed by atoms with Crippen LogP contribution in [0, 0.1) is 13.8 Å². The standard InChI is InChI=1S/C17H24N6O4/c1-10-14(11(2)23-17(21-10)19-9-20-23)5-6-15(25)22(12(3)16(26)27)8-7-18-13(4)24/h9,12H,5-8H2,1-4H3,(H,18,24)(H,26,27). The van der Waals surface area contributed by atoms with Gasteiger partial charge in [0.05, 0.1) is 0 Å². The third-order valence-corrected chi connectivity index (χ3v) is 4.45. The van der Waals surface area contributed by atoms with Crippen molar-refractivity contribution in [3.05, 3.63) is 23.3 Å². The SMILES string of the molecule is CC(=O)NCCN(C(=O)CCc1c(C)nc2ncnn2c1C)C(C)C(=O)O. The molecule has 0 saturated carbocycles. The van der Waals surface area contributed by atoms with Gasteiger partial charge < -0.3 is 15.3 Å². The Morgan fingerprint density at radius 2 is 2.04 bits per heavy atom. The summed E-state index contributed by atoms with van der Waals surface area (Å²) in [6.07, 6.45) is 1.95. The number of aromatic nitrogens is 4. The summed E-state index contributed by atoms with van der Waals surface area (Å²) in [5.74, 6) is -1.13. The van der Waals surface area contributed by atoms with Crippen LogP contribution >= 0.6 is 0 Å². The van der Waals surface area contributed by atoms with E-state index in [0.29, 0.717) is 12.2 Å². The Bertz CT molecular complexity index is 862. The molecule has 10 nitrogen and oxygen atoms in total. The number of fused-ring (bicyclic) bond motifs is 1. The van der Waals surface area contributed by atoms with Crippen LogP contribution in [0.3, 0.4) is 0 Å². The van der Waals surface area contributed by atoms with Gasteiger partial charge in [0.25, 0.3) is 5.78 Å². The number of aliphatic carboxylic acids is 1. The predicted octanol–water partition coefficient (Wildman–Crippen LogP) is 0.112. The molecule has 27 heavy (non-hydrogen) atoms. The van der Waals surface area contributed by atoms with E-state index in [2.05, 4.69) is 20.4 Å². The van der Waals surface area contributed by atoms with E-state index in [0.717, 1.165) is 17.0 Å². The minimum Gasteiger partial charge on any atom is -0.480 e. The van der Waals surface area contributed by atoms with Crippen LogP contribution in [0.4, 0.5) is 0 Å². The third kappa shape index (κ3) is 4.78. The Morgan fingerprint density at radius 1 is 1.33 bits per heavy atom. The first-order valence-corrected chi connectivity index (χ1v) is 8.65. The lowest BCUT2D eigenvalue weighted by Gasteiger charge is -2.27. The van der Waals surface area contributed by atoms with Gasteiger partial charge in [-0.2, -0.15) is 10.1 Å². The zero-order chi connectivity index (χ0) is 20.1. The summed E-state index contributed by atoms with van der Waals surface area (Å²) in [6, 6.07) is -0.982.